The van der Waals surface area contributed by atoms with Gasteiger partial charge < -0.3 is 10.6 Å². The third kappa shape index (κ3) is 1.64. The second-order valence-electron chi connectivity index (χ2n) is 6.90. The van der Waals surface area contributed by atoms with Gasteiger partial charge in [0.25, 0.3) is 0 Å². The van der Waals surface area contributed by atoms with Crippen LogP contribution in [-0.2, 0) is 16.0 Å². The minimum atomic E-state index is -1.24. The van der Waals surface area contributed by atoms with E-state index in [0.29, 0.717) is 5.69 Å². The summed E-state index contributed by atoms with van der Waals surface area (Å²) in [5, 5.41) is 0. The number of nitrogens with zero attached hydrogens (tertiary/aromatic N) is 3. The van der Waals surface area contributed by atoms with Crippen molar-refractivity contribution in [3.8, 4) is 0 Å². The Hall–Kier alpha value is -2.57. The largest absolute Gasteiger partial charge is 0.399 e. The van der Waals surface area contributed by atoms with Crippen LogP contribution in [0.4, 0.5) is 16.2 Å². The number of barbiturate groups is 1. The summed E-state index contributed by atoms with van der Waals surface area (Å²) in [5.74, 6) is -0.804. The Morgan fingerprint density at radius 1 is 1.12 bits per heavy atom. The molecule has 7 heteroatoms. The summed E-state index contributed by atoms with van der Waals surface area (Å²) in [6.07, 6.45) is 1.96. The molecule has 24 heavy (non-hydrogen) atoms. The monoisotopic (exact) mass is 328 g/mol. The van der Waals surface area contributed by atoms with Gasteiger partial charge in [-0.3, -0.25) is 19.4 Å². The number of carbonyl (C=O) groups excluding carboxylic acids is 3. The molecule has 2 fully saturated rings. The van der Waals surface area contributed by atoms with E-state index < -0.39 is 23.3 Å². The molecule has 3 heterocycles. The van der Waals surface area contributed by atoms with Crippen LogP contribution in [0, 0.1) is 5.41 Å². The normalized spacial score (nSPS) is 25.3. The average molecular weight is 328 g/mol. The number of rotatable bonds is 0. The van der Waals surface area contributed by atoms with Crippen molar-refractivity contribution in [2.24, 2.45) is 5.41 Å². The SMILES string of the molecule is CN1C(=O)N(C)C(=O)C2(Cc3cc(N)ccc3N3CCCC32)C1=O. The van der Waals surface area contributed by atoms with E-state index in [0.717, 1.165) is 40.4 Å². The van der Waals surface area contributed by atoms with Gasteiger partial charge in [0.1, 0.15) is 0 Å². The molecule has 1 atom stereocenters. The second-order valence-corrected chi connectivity index (χ2v) is 6.90. The predicted octanol–water partition coefficient (Wildman–Crippen LogP) is 0.830. The van der Waals surface area contributed by atoms with Gasteiger partial charge in [-0.15, -0.1) is 0 Å². The van der Waals surface area contributed by atoms with Crippen molar-refractivity contribution in [1.29, 1.82) is 0 Å². The number of amides is 4. The Labute approximate surface area is 140 Å². The molecule has 3 aliphatic rings. The number of nitrogen functional groups attached to an aromatic ring is 1. The van der Waals surface area contributed by atoms with Crippen LogP contribution in [0.1, 0.15) is 18.4 Å². The van der Waals surface area contributed by atoms with Gasteiger partial charge in [-0.25, -0.2) is 4.79 Å². The zero-order chi connectivity index (χ0) is 17.2. The molecule has 1 aromatic carbocycles. The van der Waals surface area contributed by atoms with Crippen LogP contribution in [0.3, 0.4) is 0 Å². The number of anilines is 2. The van der Waals surface area contributed by atoms with E-state index in [-0.39, 0.29) is 12.5 Å². The van der Waals surface area contributed by atoms with Crippen molar-refractivity contribution in [3.05, 3.63) is 23.8 Å². The maximum Gasteiger partial charge on any atom is 0.332 e. The number of benzene rings is 1. The lowest BCUT2D eigenvalue weighted by Gasteiger charge is -2.50. The first-order chi connectivity index (χ1) is 11.4. The molecule has 0 bridgehead atoms. The van der Waals surface area contributed by atoms with Crippen molar-refractivity contribution in [3.63, 3.8) is 0 Å². The maximum absolute atomic E-state index is 13.1. The molecule has 4 rings (SSSR count). The molecule has 7 nitrogen and oxygen atoms in total. The first-order valence-corrected chi connectivity index (χ1v) is 8.13. The van der Waals surface area contributed by atoms with Gasteiger partial charge in [0.05, 0.1) is 6.04 Å². The number of carbonyl (C=O) groups is 3. The molecular weight excluding hydrogens is 308 g/mol. The van der Waals surface area contributed by atoms with Crippen molar-refractivity contribution < 1.29 is 14.4 Å². The summed E-state index contributed by atoms with van der Waals surface area (Å²) in [6.45, 7) is 0.797. The molecule has 1 unspecified atom stereocenters. The van der Waals surface area contributed by atoms with Crippen LogP contribution in [0.15, 0.2) is 18.2 Å². The quantitative estimate of drug-likeness (QED) is 0.563. The number of hydrogen-bond donors (Lipinski definition) is 1. The van der Waals surface area contributed by atoms with E-state index in [9.17, 15) is 14.4 Å². The Kier molecular flexibility index (Phi) is 2.95. The first kappa shape index (κ1) is 15.0. The molecule has 3 aliphatic heterocycles. The summed E-state index contributed by atoms with van der Waals surface area (Å²) in [6, 6.07) is 4.86. The number of urea groups is 1. The van der Waals surface area contributed by atoms with E-state index >= 15 is 0 Å². The van der Waals surface area contributed by atoms with Crippen molar-refractivity contribution in [2.75, 3.05) is 31.3 Å². The summed E-state index contributed by atoms with van der Waals surface area (Å²) in [4.78, 5) is 42.7. The van der Waals surface area contributed by atoms with E-state index in [1.165, 1.54) is 14.1 Å². The lowest BCUT2D eigenvalue weighted by Crippen LogP contribution is -2.70. The average Bonchev–Trinajstić information content (AvgIpc) is 3.06. The van der Waals surface area contributed by atoms with E-state index in [1.807, 2.05) is 18.2 Å². The molecule has 0 radical (unpaired) electrons. The topological polar surface area (TPSA) is 86.9 Å². The fourth-order valence-corrected chi connectivity index (χ4v) is 4.54. The van der Waals surface area contributed by atoms with Gasteiger partial charge in [0.15, 0.2) is 5.41 Å². The maximum atomic E-state index is 13.1. The summed E-state index contributed by atoms with van der Waals surface area (Å²) in [7, 11) is 2.90. The zero-order valence-electron chi connectivity index (χ0n) is 13.8. The molecule has 4 amide bonds. The Morgan fingerprint density at radius 3 is 2.46 bits per heavy atom. The molecule has 126 valence electrons. The van der Waals surface area contributed by atoms with Gasteiger partial charge in [-0.2, -0.15) is 0 Å². The number of nitrogens with two attached hydrogens (primary N) is 1. The van der Waals surface area contributed by atoms with Crippen molar-refractivity contribution >= 4 is 29.2 Å². The van der Waals surface area contributed by atoms with Gasteiger partial charge >= 0.3 is 6.03 Å². The molecule has 0 saturated carbocycles. The molecule has 2 saturated heterocycles. The minimum absolute atomic E-state index is 0.216. The molecule has 0 aliphatic carbocycles. The van der Waals surface area contributed by atoms with Crippen molar-refractivity contribution in [1.82, 2.24) is 9.80 Å². The van der Waals surface area contributed by atoms with Crippen LogP contribution >= 0.6 is 0 Å². The fraction of sp³-hybridized carbons (Fsp3) is 0.471. The highest BCUT2D eigenvalue weighted by Crippen LogP contribution is 2.49. The highest BCUT2D eigenvalue weighted by Gasteiger charge is 2.63. The van der Waals surface area contributed by atoms with Crippen LogP contribution in [0.25, 0.3) is 0 Å². The Morgan fingerprint density at radius 2 is 1.79 bits per heavy atom. The predicted molar refractivity (Wildman–Crippen MR) is 88.3 cm³/mol. The third-order valence-electron chi connectivity index (χ3n) is 5.65. The lowest BCUT2D eigenvalue weighted by atomic mass is 9.68. The molecular formula is C17H20N4O3. The van der Waals surface area contributed by atoms with Gasteiger partial charge in [0.2, 0.25) is 11.8 Å². The van der Waals surface area contributed by atoms with Gasteiger partial charge in [-0.05, 0) is 43.0 Å². The summed E-state index contributed by atoms with van der Waals surface area (Å²) in [5.41, 5.74) is 7.22. The van der Waals surface area contributed by atoms with E-state index in [4.69, 9.17) is 5.73 Å². The van der Waals surface area contributed by atoms with E-state index in [1.54, 1.807) is 0 Å². The van der Waals surface area contributed by atoms with E-state index in [2.05, 4.69) is 4.90 Å². The van der Waals surface area contributed by atoms with Gasteiger partial charge in [-0.1, -0.05) is 0 Å². The van der Waals surface area contributed by atoms with Crippen molar-refractivity contribution in [2.45, 2.75) is 25.3 Å². The van der Waals surface area contributed by atoms with Crippen LogP contribution in [0.2, 0.25) is 0 Å². The Balaban J connectivity index is 1.92. The molecule has 1 aromatic rings. The third-order valence-corrected chi connectivity index (χ3v) is 5.65. The zero-order valence-corrected chi connectivity index (χ0v) is 13.8. The Bertz CT molecular complexity index is 751. The van der Waals surface area contributed by atoms with Crippen LogP contribution in [0.5, 0.6) is 0 Å². The number of fused-ring (bicyclic) bond motifs is 4. The van der Waals surface area contributed by atoms with Crippen LogP contribution in [-0.4, -0.2) is 54.3 Å². The smallest absolute Gasteiger partial charge is 0.332 e. The minimum Gasteiger partial charge on any atom is -0.399 e. The highest BCUT2D eigenvalue weighted by molar-refractivity contribution is 6.20. The first-order valence-electron chi connectivity index (χ1n) is 8.13. The molecule has 0 aromatic heterocycles. The number of imide groups is 2. The van der Waals surface area contributed by atoms with Gasteiger partial charge in [0, 0.05) is 32.0 Å². The standard InChI is InChI=1S/C17H20N4O3/c1-19-14(22)17(15(23)20(2)16(19)24)9-10-8-11(18)5-6-12(10)21-7-3-4-13(17)21/h5-6,8,13H,3-4,7,9,18H2,1-2H3. The lowest BCUT2D eigenvalue weighted by molar-refractivity contribution is -0.159. The summed E-state index contributed by atoms with van der Waals surface area (Å²) < 4.78 is 0. The molecule has 1 spiro atoms. The summed E-state index contributed by atoms with van der Waals surface area (Å²) >= 11 is 0. The number of hydrogen-bond acceptors (Lipinski definition) is 5. The second kappa shape index (κ2) is 4.72. The highest BCUT2D eigenvalue weighted by atomic mass is 16.2. The van der Waals surface area contributed by atoms with Crippen LogP contribution < -0.4 is 10.6 Å². The molecule has 2 N–H and O–H groups in total. The fourth-order valence-electron chi connectivity index (χ4n) is 4.54.